The first-order chi connectivity index (χ1) is 12.6. The number of H-pyrrole nitrogens is 1. The van der Waals surface area contributed by atoms with Crippen molar-refractivity contribution in [2.45, 2.75) is 0 Å². The number of nitrogens with one attached hydrogen (secondary N) is 3. The van der Waals surface area contributed by atoms with E-state index in [-0.39, 0.29) is 18.2 Å². The van der Waals surface area contributed by atoms with Crippen LogP contribution in [0, 0.1) is 5.41 Å². The van der Waals surface area contributed by atoms with Crippen molar-refractivity contribution in [1.29, 1.82) is 5.41 Å². The normalized spacial score (nSPS) is 10.5. The summed E-state index contributed by atoms with van der Waals surface area (Å²) in [6, 6.07) is 12.2. The van der Waals surface area contributed by atoms with Gasteiger partial charge in [0.1, 0.15) is 6.61 Å². The number of nitrogens with two attached hydrogens (primary N) is 1. The second-order valence-corrected chi connectivity index (χ2v) is 5.47. The third-order valence-corrected chi connectivity index (χ3v) is 3.64. The Morgan fingerprint density at radius 3 is 2.88 bits per heavy atom. The van der Waals surface area contributed by atoms with Crippen LogP contribution in [0.5, 0.6) is 0 Å². The monoisotopic (exact) mass is 351 g/mol. The van der Waals surface area contributed by atoms with Gasteiger partial charge < -0.3 is 15.8 Å². The molecular formula is C17H17N7O2. The molecule has 0 spiro atoms. The van der Waals surface area contributed by atoms with Crippen LogP contribution in [-0.4, -0.2) is 46.0 Å². The number of carbonyl (C=O) groups is 1. The molecule has 132 valence electrons. The van der Waals surface area contributed by atoms with Crippen molar-refractivity contribution in [3.8, 4) is 11.4 Å². The lowest BCUT2D eigenvalue weighted by molar-refractivity contribution is -0.119. The number of aromatic amines is 1. The molecule has 1 heterocycles. The van der Waals surface area contributed by atoms with Crippen molar-refractivity contribution >= 4 is 23.0 Å². The molecule has 0 atom stereocenters. The van der Waals surface area contributed by atoms with Crippen molar-refractivity contribution in [2.24, 2.45) is 0 Å². The van der Waals surface area contributed by atoms with E-state index in [4.69, 9.17) is 15.9 Å². The molecule has 2 aromatic carbocycles. The predicted octanol–water partition coefficient (Wildman–Crippen LogP) is 1.45. The number of tetrazole rings is 1. The van der Waals surface area contributed by atoms with Crippen LogP contribution in [-0.2, 0) is 9.53 Å². The Morgan fingerprint density at radius 2 is 2.15 bits per heavy atom. The van der Waals surface area contributed by atoms with Crippen LogP contribution in [0.4, 0.5) is 11.4 Å². The van der Waals surface area contributed by atoms with Crippen LogP contribution < -0.4 is 11.1 Å². The van der Waals surface area contributed by atoms with Crippen LogP contribution in [0.2, 0.25) is 0 Å². The summed E-state index contributed by atoms with van der Waals surface area (Å²) in [6.45, 7) is -0.0403. The van der Waals surface area contributed by atoms with E-state index in [1.807, 2.05) is 0 Å². The highest BCUT2D eigenvalue weighted by Crippen LogP contribution is 2.24. The summed E-state index contributed by atoms with van der Waals surface area (Å²) in [4.78, 5) is 11.7. The van der Waals surface area contributed by atoms with Gasteiger partial charge in [0, 0.05) is 35.2 Å². The number of ether oxygens (including phenoxy) is 1. The molecule has 0 aliphatic heterocycles. The fourth-order valence-electron chi connectivity index (χ4n) is 2.43. The molecule has 26 heavy (non-hydrogen) atoms. The van der Waals surface area contributed by atoms with Crippen LogP contribution in [0.25, 0.3) is 11.4 Å². The largest absolute Gasteiger partial charge is 0.398 e. The van der Waals surface area contributed by atoms with Crippen molar-refractivity contribution in [3.05, 3.63) is 53.6 Å². The quantitative estimate of drug-likeness (QED) is 0.391. The highest BCUT2D eigenvalue weighted by molar-refractivity contribution is 6.14. The van der Waals surface area contributed by atoms with Crippen molar-refractivity contribution in [2.75, 3.05) is 24.8 Å². The van der Waals surface area contributed by atoms with Gasteiger partial charge in [0.05, 0.1) is 5.71 Å². The standard InChI is InChI=1S/C17H17N7O2/c1-26-9-15(25)20-12-4-2-3-10(7-12)16(19)13-8-11(5-6-14(13)18)17-21-23-24-22-17/h2-8,19H,9,18H2,1H3,(H,20,25)(H,21,22,23,24). The Bertz CT molecular complexity index is 938. The zero-order valence-electron chi connectivity index (χ0n) is 14.0. The highest BCUT2D eigenvalue weighted by Gasteiger charge is 2.13. The summed E-state index contributed by atoms with van der Waals surface area (Å²) in [6.07, 6.45) is 0. The van der Waals surface area contributed by atoms with Crippen molar-refractivity contribution in [3.63, 3.8) is 0 Å². The molecule has 0 saturated carbocycles. The van der Waals surface area contributed by atoms with Crippen LogP contribution in [0.1, 0.15) is 11.1 Å². The van der Waals surface area contributed by atoms with Gasteiger partial charge in [0.2, 0.25) is 11.7 Å². The van der Waals surface area contributed by atoms with E-state index < -0.39 is 0 Å². The molecule has 3 rings (SSSR count). The predicted molar refractivity (Wildman–Crippen MR) is 96.9 cm³/mol. The summed E-state index contributed by atoms with van der Waals surface area (Å²) in [5.41, 5.74) is 9.13. The maximum atomic E-state index is 11.7. The lowest BCUT2D eigenvalue weighted by Gasteiger charge is -2.11. The Hall–Kier alpha value is -3.59. The number of hydrogen-bond acceptors (Lipinski definition) is 7. The Morgan fingerprint density at radius 1 is 1.31 bits per heavy atom. The van der Waals surface area contributed by atoms with E-state index in [0.29, 0.717) is 33.9 Å². The van der Waals surface area contributed by atoms with Gasteiger partial charge in [-0.1, -0.05) is 12.1 Å². The van der Waals surface area contributed by atoms with E-state index in [2.05, 4.69) is 25.9 Å². The van der Waals surface area contributed by atoms with Crippen LogP contribution in [0.15, 0.2) is 42.5 Å². The van der Waals surface area contributed by atoms with Crippen molar-refractivity contribution < 1.29 is 9.53 Å². The molecule has 5 N–H and O–H groups in total. The SMILES string of the molecule is COCC(=O)Nc1cccc(C(=N)c2cc(-c3nn[nH]n3)ccc2N)c1. The molecule has 0 fully saturated rings. The average molecular weight is 351 g/mol. The number of anilines is 2. The molecule has 9 heteroatoms. The van der Waals surface area contributed by atoms with E-state index in [1.165, 1.54) is 7.11 Å². The molecular weight excluding hydrogens is 334 g/mol. The molecule has 0 unspecified atom stereocenters. The van der Waals surface area contributed by atoms with E-state index in [1.54, 1.807) is 42.5 Å². The van der Waals surface area contributed by atoms with Gasteiger partial charge in [-0.2, -0.15) is 5.21 Å². The number of hydrogen-bond donors (Lipinski definition) is 4. The van der Waals surface area contributed by atoms with E-state index in [0.717, 1.165) is 0 Å². The summed E-state index contributed by atoms with van der Waals surface area (Å²) in [7, 11) is 1.45. The first-order valence-corrected chi connectivity index (χ1v) is 7.70. The smallest absolute Gasteiger partial charge is 0.250 e. The molecule has 1 aromatic heterocycles. The second kappa shape index (κ2) is 7.53. The average Bonchev–Trinajstić information content (AvgIpc) is 3.16. The number of benzene rings is 2. The summed E-state index contributed by atoms with van der Waals surface area (Å²) in [5, 5.41) is 25.0. The maximum Gasteiger partial charge on any atom is 0.250 e. The molecule has 0 aliphatic rings. The van der Waals surface area contributed by atoms with Crippen LogP contribution >= 0.6 is 0 Å². The molecule has 0 radical (unpaired) electrons. The Labute approximate surface area is 149 Å². The first-order valence-electron chi connectivity index (χ1n) is 7.70. The van der Waals surface area contributed by atoms with E-state index >= 15 is 0 Å². The van der Waals surface area contributed by atoms with Crippen LogP contribution in [0.3, 0.4) is 0 Å². The topological polar surface area (TPSA) is 143 Å². The lowest BCUT2D eigenvalue weighted by atomic mass is 9.98. The number of aromatic nitrogens is 4. The highest BCUT2D eigenvalue weighted by atomic mass is 16.5. The Balaban J connectivity index is 1.90. The van der Waals surface area contributed by atoms with Crippen molar-refractivity contribution in [1.82, 2.24) is 20.6 Å². The zero-order chi connectivity index (χ0) is 18.5. The fourth-order valence-corrected chi connectivity index (χ4v) is 2.43. The molecule has 0 saturated heterocycles. The van der Waals surface area contributed by atoms with Gasteiger partial charge in [-0.3, -0.25) is 10.2 Å². The number of carbonyl (C=O) groups excluding carboxylic acids is 1. The van der Waals surface area contributed by atoms with Gasteiger partial charge in [0.15, 0.2) is 0 Å². The summed E-state index contributed by atoms with van der Waals surface area (Å²) < 4.78 is 4.80. The minimum absolute atomic E-state index is 0.0403. The number of nitrogen functional groups attached to an aromatic ring is 1. The van der Waals surface area contributed by atoms with E-state index in [9.17, 15) is 4.79 Å². The van der Waals surface area contributed by atoms with Gasteiger partial charge in [-0.05, 0) is 35.5 Å². The molecule has 0 bridgehead atoms. The first kappa shape index (κ1) is 17.2. The lowest BCUT2D eigenvalue weighted by Crippen LogP contribution is -2.17. The third kappa shape index (κ3) is 3.73. The summed E-state index contributed by atoms with van der Waals surface area (Å²) in [5.74, 6) is 0.148. The van der Waals surface area contributed by atoms with Gasteiger partial charge in [-0.25, -0.2) is 0 Å². The summed E-state index contributed by atoms with van der Waals surface area (Å²) >= 11 is 0. The van der Waals surface area contributed by atoms with Gasteiger partial charge in [-0.15, -0.1) is 10.2 Å². The number of nitrogens with zero attached hydrogens (tertiary/aromatic N) is 3. The molecule has 3 aromatic rings. The number of amides is 1. The second-order valence-electron chi connectivity index (χ2n) is 5.47. The minimum atomic E-state index is -0.269. The maximum absolute atomic E-state index is 11.7. The Kier molecular flexibility index (Phi) is 4.99. The molecule has 1 amide bonds. The molecule has 0 aliphatic carbocycles. The zero-order valence-corrected chi connectivity index (χ0v) is 14.0. The minimum Gasteiger partial charge on any atom is -0.398 e. The number of rotatable bonds is 6. The van der Waals surface area contributed by atoms with Gasteiger partial charge >= 0.3 is 0 Å². The fraction of sp³-hybridized carbons (Fsp3) is 0.118. The third-order valence-electron chi connectivity index (χ3n) is 3.64. The van der Waals surface area contributed by atoms with Gasteiger partial charge in [0.25, 0.3) is 0 Å². The number of methoxy groups -OCH3 is 1. The molecule has 9 nitrogen and oxygen atoms in total.